The maximum atomic E-state index is 11.1. The number of phenols is 1. The zero-order valence-electron chi connectivity index (χ0n) is 17.7. The average molecular weight is 583 g/mol. The Bertz CT molecular complexity index is 1450. The number of hydrazone groups is 1. The van der Waals surface area contributed by atoms with E-state index in [9.17, 15) is 15.2 Å². The number of non-ortho nitro benzene ring substituents is 1. The third-order valence-electron chi connectivity index (χ3n) is 4.82. The second-order valence-electron chi connectivity index (χ2n) is 7.30. The first-order valence-electron chi connectivity index (χ1n) is 9.99. The molecule has 0 saturated heterocycles. The molecule has 0 amide bonds. The molecule has 0 atom stereocenters. The summed E-state index contributed by atoms with van der Waals surface area (Å²) in [5.74, 6) is 0.208. The Balaban J connectivity index is 1.76. The molecule has 1 heterocycles. The van der Waals surface area contributed by atoms with Gasteiger partial charge in [-0.05, 0) is 74.7 Å². The molecule has 0 aliphatic rings. The van der Waals surface area contributed by atoms with Crippen molar-refractivity contribution in [3.05, 3.63) is 103 Å². The number of nitrogens with one attached hydrogen (secondary N) is 1. The molecule has 3 aromatic carbocycles. The number of fused-ring (bicyclic) bond motifs is 1. The number of nitrogens with zero attached hydrogens (tertiary/aromatic N) is 4. The molecule has 10 heteroatoms. The van der Waals surface area contributed by atoms with Crippen molar-refractivity contribution in [1.29, 1.82) is 0 Å². The van der Waals surface area contributed by atoms with Crippen LogP contribution in [0.5, 0.6) is 5.75 Å². The lowest BCUT2D eigenvalue weighted by Gasteiger charge is -2.10. The molecule has 0 saturated carbocycles. The number of pyridine rings is 1. The highest BCUT2D eigenvalue weighted by molar-refractivity contribution is 9.11. The molecule has 0 fully saturated rings. The predicted octanol–water partition coefficient (Wildman–Crippen LogP) is 6.38. The van der Waals surface area contributed by atoms with Crippen molar-refractivity contribution in [1.82, 2.24) is 10.4 Å². The number of hydrogen-bond acceptors (Lipinski definition) is 6. The SMILES string of the molecule is Cc1cc(Br)c(N=C(N/N=C/c2cc([N+](=O)[O-])ccc2O)c2ccc3ccccc3n2)c(Br)c1. The van der Waals surface area contributed by atoms with E-state index in [0.717, 1.165) is 25.4 Å². The van der Waals surface area contributed by atoms with Crippen molar-refractivity contribution in [3.8, 4) is 5.75 Å². The second kappa shape index (κ2) is 10.1. The van der Waals surface area contributed by atoms with E-state index in [1.54, 1.807) is 0 Å². The van der Waals surface area contributed by atoms with Crippen molar-refractivity contribution < 1.29 is 10.0 Å². The van der Waals surface area contributed by atoms with E-state index >= 15 is 0 Å². The van der Waals surface area contributed by atoms with Crippen molar-refractivity contribution in [2.75, 3.05) is 0 Å². The molecule has 4 rings (SSSR count). The van der Waals surface area contributed by atoms with Gasteiger partial charge in [0, 0.05) is 32.0 Å². The number of hydrogen-bond donors (Lipinski definition) is 2. The van der Waals surface area contributed by atoms with Crippen molar-refractivity contribution in [2.45, 2.75) is 6.92 Å². The number of nitro benzene ring substituents is 1. The number of para-hydroxylation sites is 1. The first-order valence-corrected chi connectivity index (χ1v) is 11.6. The Labute approximate surface area is 211 Å². The van der Waals surface area contributed by atoms with Crippen LogP contribution in [-0.2, 0) is 0 Å². The van der Waals surface area contributed by atoms with Crippen LogP contribution in [-0.4, -0.2) is 27.1 Å². The van der Waals surface area contributed by atoms with E-state index < -0.39 is 4.92 Å². The van der Waals surface area contributed by atoms with Crippen LogP contribution in [0, 0.1) is 17.0 Å². The maximum Gasteiger partial charge on any atom is 0.270 e. The Kier molecular flexibility index (Phi) is 6.99. The van der Waals surface area contributed by atoms with Gasteiger partial charge in [-0.3, -0.25) is 15.5 Å². The molecule has 170 valence electrons. The number of amidine groups is 1. The predicted molar refractivity (Wildman–Crippen MR) is 140 cm³/mol. The summed E-state index contributed by atoms with van der Waals surface area (Å²) in [5.41, 5.74) is 5.92. The normalized spacial score (nSPS) is 11.8. The highest BCUT2D eigenvalue weighted by Gasteiger charge is 2.12. The molecule has 8 nitrogen and oxygen atoms in total. The zero-order chi connectivity index (χ0) is 24.2. The number of aromatic nitrogens is 1. The van der Waals surface area contributed by atoms with Gasteiger partial charge in [-0.25, -0.2) is 9.98 Å². The van der Waals surface area contributed by atoms with Gasteiger partial charge in [0.25, 0.3) is 5.69 Å². The Morgan fingerprint density at radius 2 is 1.82 bits per heavy atom. The summed E-state index contributed by atoms with van der Waals surface area (Å²) in [5, 5.41) is 26.3. The molecule has 0 radical (unpaired) electrons. The van der Waals surface area contributed by atoms with E-state index in [-0.39, 0.29) is 17.0 Å². The van der Waals surface area contributed by atoms with Gasteiger partial charge in [0.1, 0.15) is 11.4 Å². The molecule has 4 aromatic rings. The van der Waals surface area contributed by atoms with Crippen molar-refractivity contribution in [3.63, 3.8) is 0 Å². The van der Waals surface area contributed by atoms with E-state index in [4.69, 9.17) is 9.98 Å². The zero-order valence-corrected chi connectivity index (χ0v) is 20.9. The summed E-state index contributed by atoms with van der Waals surface area (Å²) in [7, 11) is 0. The Morgan fingerprint density at radius 1 is 1.09 bits per heavy atom. The van der Waals surface area contributed by atoms with Gasteiger partial charge in [-0.2, -0.15) is 5.10 Å². The first kappa shape index (κ1) is 23.5. The number of phenolic OH excluding ortho intramolecular Hbond substituents is 1. The summed E-state index contributed by atoms with van der Waals surface area (Å²) in [6.07, 6.45) is 1.29. The molecule has 0 spiro atoms. The fraction of sp³-hybridized carbons (Fsp3) is 0.0417. The van der Waals surface area contributed by atoms with Gasteiger partial charge >= 0.3 is 0 Å². The fourth-order valence-electron chi connectivity index (χ4n) is 3.17. The highest BCUT2D eigenvalue weighted by atomic mass is 79.9. The summed E-state index contributed by atoms with van der Waals surface area (Å²) < 4.78 is 1.56. The fourth-order valence-corrected chi connectivity index (χ4v) is 4.76. The summed E-state index contributed by atoms with van der Waals surface area (Å²) in [6.45, 7) is 1.98. The average Bonchev–Trinajstić information content (AvgIpc) is 2.80. The number of aromatic hydroxyl groups is 1. The van der Waals surface area contributed by atoms with Crippen LogP contribution in [0.25, 0.3) is 10.9 Å². The smallest absolute Gasteiger partial charge is 0.270 e. The van der Waals surface area contributed by atoms with Gasteiger partial charge in [-0.15, -0.1) is 0 Å². The third-order valence-corrected chi connectivity index (χ3v) is 6.03. The number of benzene rings is 3. The Morgan fingerprint density at radius 3 is 2.56 bits per heavy atom. The van der Waals surface area contributed by atoms with E-state index in [0.29, 0.717) is 17.2 Å². The summed E-state index contributed by atoms with van der Waals surface area (Å²) >= 11 is 7.11. The molecule has 0 aliphatic carbocycles. The molecular formula is C24H17Br2N5O3. The van der Waals surface area contributed by atoms with Crippen LogP contribution in [0.1, 0.15) is 16.8 Å². The van der Waals surface area contributed by atoms with Crippen LogP contribution in [0.3, 0.4) is 0 Å². The third kappa shape index (κ3) is 5.29. The van der Waals surface area contributed by atoms with Crippen molar-refractivity contribution >= 4 is 66.2 Å². The second-order valence-corrected chi connectivity index (χ2v) is 9.01. The van der Waals surface area contributed by atoms with Crippen LogP contribution in [0.4, 0.5) is 11.4 Å². The largest absolute Gasteiger partial charge is 0.507 e. The minimum absolute atomic E-state index is 0.137. The minimum Gasteiger partial charge on any atom is -0.507 e. The first-order chi connectivity index (χ1) is 16.3. The van der Waals surface area contributed by atoms with Crippen molar-refractivity contribution in [2.24, 2.45) is 10.1 Å². The molecule has 2 N–H and O–H groups in total. The maximum absolute atomic E-state index is 11.1. The summed E-state index contributed by atoms with van der Waals surface area (Å²) in [6, 6.07) is 19.1. The van der Waals surface area contributed by atoms with E-state index in [1.165, 1.54) is 24.4 Å². The topological polar surface area (TPSA) is 113 Å². The number of rotatable bonds is 5. The Hall–Kier alpha value is -3.63. The quantitative estimate of drug-likeness (QED) is 0.123. The number of aliphatic imine (C=N–C) groups is 1. The molecule has 34 heavy (non-hydrogen) atoms. The molecule has 0 aliphatic heterocycles. The lowest BCUT2D eigenvalue weighted by atomic mass is 10.2. The molecule has 1 aromatic heterocycles. The molecular weight excluding hydrogens is 566 g/mol. The van der Waals surface area contributed by atoms with Crippen LogP contribution in [0.2, 0.25) is 0 Å². The van der Waals surface area contributed by atoms with E-state index in [2.05, 4.69) is 42.4 Å². The van der Waals surface area contributed by atoms with Gasteiger partial charge in [-0.1, -0.05) is 24.3 Å². The van der Waals surface area contributed by atoms with Gasteiger partial charge < -0.3 is 5.11 Å². The van der Waals surface area contributed by atoms with Crippen LogP contribution >= 0.6 is 31.9 Å². The number of nitro groups is 1. The molecule has 0 bridgehead atoms. The minimum atomic E-state index is -0.539. The summed E-state index contributed by atoms with van der Waals surface area (Å²) in [4.78, 5) is 20.0. The van der Waals surface area contributed by atoms with Gasteiger partial charge in [0.15, 0.2) is 5.84 Å². The van der Waals surface area contributed by atoms with Crippen LogP contribution in [0.15, 0.2) is 85.8 Å². The monoisotopic (exact) mass is 581 g/mol. The van der Waals surface area contributed by atoms with Gasteiger partial charge in [0.05, 0.1) is 22.3 Å². The highest BCUT2D eigenvalue weighted by Crippen LogP contribution is 2.35. The lowest BCUT2D eigenvalue weighted by Crippen LogP contribution is -2.20. The van der Waals surface area contributed by atoms with Crippen LogP contribution < -0.4 is 5.43 Å². The lowest BCUT2D eigenvalue weighted by molar-refractivity contribution is -0.384. The van der Waals surface area contributed by atoms with Gasteiger partial charge in [0.2, 0.25) is 0 Å². The van der Waals surface area contributed by atoms with E-state index in [1.807, 2.05) is 55.5 Å². The number of halogens is 2. The number of aryl methyl sites for hydroxylation is 1. The molecule has 0 unspecified atom stereocenters. The standard InChI is InChI=1S/C24H17Br2N5O3/c1-14-10-18(25)23(19(26)11-14)29-24(21-8-6-15-4-2-3-5-20(15)28-21)30-27-13-16-12-17(31(33)34)7-9-22(16)32/h2-13,32H,1H3,(H,29,30)/b27-13+.